The van der Waals surface area contributed by atoms with E-state index in [4.69, 9.17) is 9.47 Å². The topological polar surface area (TPSA) is 59.1 Å². The van der Waals surface area contributed by atoms with Gasteiger partial charge in [0.05, 0.1) is 19.3 Å². The van der Waals surface area contributed by atoms with Gasteiger partial charge < -0.3 is 14.4 Å². The largest absolute Gasteiger partial charge is 0.444 e. The zero-order valence-corrected chi connectivity index (χ0v) is 19.1. The van der Waals surface area contributed by atoms with E-state index in [-0.39, 0.29) is 31.4 Å². The molecule has 1 aliphatic rings. The van der Waals surface area contributed by atoms with Crippen molar-refractivity contribution in [1.29, 1.82) is 0 Å². The van der Waals surface area contributed by atoms with Crippen LogP contribution in [0.1, 0.15) is 37.5 Å². The first-order chi connectivity index (χ1) is 15.1. The molecule has 2 amide bonds. The lowest BCUT2D eigenvalue weighted by molar-refractivity contribution is -0.132. The molecule has 1 heterocycles. The molecule has 0 aromatic heterocycles. The van der Waals surface area contributed by atoms with E-state index in [0.29, 0.717) is 18.7 Å². The zero-order chi connectivity index (χ0) is 23.3. The van der Waals surface area contributed by atoms with Gasteiger partial charge in [-0.05, 0) is 51.0 Å². The van der Waals surface area contributed by atoms with Crippen LogP contribution in [0, 0.1) is 12.7 Å². The lowest BCUT2D eigenvalue weighted by Gasteiger charge is -2.27. The molecule has 7 heteroatoms. The fraction of sp³-hybridized carbons (Fsp3) is 0.440. The third-order valence-electron chi connectivity index (χ3n) is 5.01. The summed E-state index contributed by atoms with van der Waals surface area (Å²) in [7, 11) is 0. The van der Waals surface area contributed by atoms with Crippen LogP contribution >= 0.6 is 0 Å². The summed E-state index contributed by atoms with van der Waals surface area (Å²) in [6.45, 7) is 8.40. The van der Waals surface area contributed by atoms with Gasteiger partial charge in [0.1, 0.15) is 18.0 Å². The van der Waals surface area contributed by atoms with Crippen molar-refractivity contribution in [1.82, 2.24) is 9.80 Å². The molecule has 0 saturated carbocycles. The van der Waals surface area contributed by atoms with Gasteiger partial charge in [-0.15, -0.1) is 0 Å². The third kappa shape index (κ3) is 7.05. The van der Waals surface area contributed by atoms with E-state index < -0.39 is 17.8 Å². The molecule has 32 heavy (non-hydrogen) atoms. The van der Waals surface area contributed by atoms with Gasteiger partial charge in [0.25, 0.3) is 0 Å². The summed E-state index contributed by atoms with van der Waals surface area (Å²) >= 11 is 0. The predicted octanol–water partition coefficient (Wildman–Crippen LogP) is 4.30. The quantitative estimate of drug-likeness (QED) is 0.693. The van der Waals surface area contributed by atoms with Crippen LogP contribution in [0.25, 0.3) is 0 Å². The van der Waals surface area contributed by atoms with Crippen LogP contribution in [0.4, 0.5) is 9.18 Å². The second-order valence-electron chi connectivity index (χ2n) is 9.19. The minimum atomic E-state index is -0.675. The lowest BCUT2D eigenvalue weighted by Crippen LogP contribution is -2.42. The Morgan fingerprint density at radius 1 is 1.09 bits per heavy atom. The van der Waals surface area contributed by atoms with Crippen molar-refractivity contribution in [3.8, 4) is 0 Å². The van der Waals surface area contributed by atoms with Crippen LogP contribution in [0.2, 0.25) is 0 Å². The number of halogens is 1. The summed E-state index contributed by atoms with van der Waals surface area (Å²) in [5, 5.41) is 0. The number of nitrogens with zero attached hydrogens (tertiary/aromatic N) is 2. The minimum absolute atomic E-state index is 0.0828. The number of amides is 2. The van der Waals surface area contributed by atoms with E-state index >= 15 is 0 Å². The first-order valence-corrected chi connectivity index (χ1v) is 10.8. The van der Waals surface area contributed by atoms with Gasteiger partial charge >= 0.3 is 6.09 Å². The normalized spacial score (nSPS) is 17.3. The maximum absolute atomic E-state index is 13.5. The molecule has 6 nitrogen and oxygen atoms in total. The number of hydrogen-bond acceptors (Lipinski definition) is 4. The van der Waals surface area contributed by atoms with E-state index in [2.05, 4.69) is 0 Å². The Labute approximate surface area is 188 Å². The molecule has 0 radical (unpaired) electrons. The molecule has 1 saturated heterocycles. The molecule has 1 atom stereocenters. The fourth-order valence-corrected chi connectivity index (χ4v) is 3.57. The standard InChI is InChI=1S/C25H31FN2O4/c1-18-7-5-8-19(11-18)13-27-14-22(31-17-20-9-6-10-21(26)12-20)15-28(16-23(27)29)24(30)32-25(2,3)4/h5-12,22H,13-17H2,1-4H3. The number of hydrogen-bond donors (Lipinski definition) is 0. The van der Waals surface area contributed by atoms with Crippen LogP contribution in [-0.2, 0) is 27.4 Å². The Bertz CT molecular complexity index is 957. The summed E-state index contributed by atoms with van der Waals surface area (Å²) in [5.74, 6) is -0.507. The van der Waals surface area contributed by atoms with E-state index in [1.54, 1.807) is 37.8 Å². The van der Waals surface area contributed by atoms with Crippen LogP contribution in [-0.4, -0.2) is 53.1 Å². The number of aryl methyl sites for hydroxylation is 1. The molecule has 0 aliphatic carbocycles. The highest BCUT2D eigenvalue weighted by Gasteiger charge is 2.33. The van der Waals surface area contributed by atoms with Crippen molar-refractivity contribution in [3.63, 3.8) is 0 Å². The Hall–Kier alpha value is -2.93. The number of rotatable bonds is 5. The van der Waals surface area contributed by atoms with Gasteiger partial charge in [-0.3, -0.25) is 9.69 Å². The summed E-state index contributed by atoms with van der Waals surface area (Å²) < 4.78 is 25.1. The maximum atomic E-state index is 13.5. The van der Waals surface area contributed by atoms with E-state index in [1.807, 2.05) is 31.2 Å². The number of carbonyl (C=O) groups excluding carboxylic acids is 2. The van der Waals surface area contributed by atoms with Gasteiger partial charge in [-0.2, -0.15) is 0 Å². The summed E-state index contributed by atoms with van der Waals surface area (Å²) in [5.41, 5.74) is 2.13. The molecule has 172 valence electrons. The number of carbonyl (C=O) groups is 2. The first kappa shape index (κ1) is 23.7. The maximum Gasteiger partial charge on any atom is 0.410 e. The smallest absolute Gasteiger partial charge is 0.410 e. The third-order valence-corrected chi connectivity index (χ3v) is 5.01. The molecule has 1 unspecified atom stereocenters. The molecule has 2 aromatic rings. The van der Waals surface area contributed by atoms with Crippen molar-refractivity contribution in [3.05, 3.63) is 71.0 Å². The van der Waals surface area contributed by atoms with Crippen LogP contribution in [0.15, 0.2) is 48.5 Å². The molecule has 0 bridgehead atoms. The lowest BCUT2D eigenvalue weighted by atomic mass is 10.1. The molecule has 1 aliphatic heterocycles. The van der Waals surface area contributed by atoms with Gasteiger partial charge in [-0.25, -0.2) is 9.18 Å². The van der Waals surface area contributed by atoms with Gasteiger partial charge in [-0.1, -0.05) is 42.0 Å². The highest BCUT2D eigenvalue weighted by atomic mass is 19.1. The summed E-state index contributed by atoms with van der Waals surface area (Å²) in [4.78, 5) is 28.8. The van der Waals surface area contributed by atoms with E-state index in [0.717, 1.165) is 11.1 Å². The average Bonchev–Trinajstić information content (AvgIpc) is 2.84. The van der Waals surface area contributed by atoms with Crippen molar-refractivity contribution >= 4 is 12.0 Å². The van der Waals surface area contributed by atoms with Crippen LogP contribution in [0.5, 0.6) is 0 Å². The molecule has 1 fully saturated rings. The average molecular weight is 443 g/mol. The van der Waals surface area contributed by atoms with Crippen LogP contribution in [0.3, 0.4) is 0 Å². The minimum Gasteiger partial charge on any atom is -0.444 e. The Balaban J connectivity index is 1.77. The zero-order valence-electron chi connectivity index (χ0n) is 19.1. The molecular weight excluding hydrogens is 411 g/mol. The second-order valence-corrected chi connectivity index (χ2v) is 9.19. The number of ether oxygens (including phenoxy) is 2. The summed E-state index contributed by atoms with van der Waals surface area (Å²) in [6.07, 6.45) is -0.996. The Kier molecular flexibility index (Phi) is 7.51. The molecular formula is C25H31FN2O4. The van der Waals surface area contributed by atoms with Crippen molar-refractivity contribution in [2.45, 2.75) is 52.6 Å². The van der Waals surface area contributed by atoms with Crippen molar-refractivity contribution in [2.75, 3.05) is 19.6 Å². The van der Waals surface area contributed by atoms with Crippen molar-refractivity contribution < 1.29 is 23.5 Å². The van der Waals surface area contributed by atoms with E-state index in [9.17, 15) is 14.0 Å². The number of benzene rings is 2. The van der Waals surface area contributed by atoms with Gasteiger partial charge in [0.15, 0.2) is 0 Å². The monoisotopic (exact) mass is 442 g/mol. The summed E-state index contributed by atoms with van der Waals surface area (Å²) in [6, 6.07) is 14.2. The molecule has 0 N–H and O–H groups in total. The molecule has 2 aromatic carbocycles. The van der Waals surface area contributed by atoms with E-state index in [1.165, 1.54) is 17.0 Å². The second kappa shape index (κ2) is 10.1. The molecule has 0 spiro atoms. The van der Waals surface area contributed by atoms with Crippen LogP contribution < -0.4 is 0 Å². The highest BCUT2D eigenvalue weighted by Crippen LogP contribution is 2.18. The Morgan fingerprint density at radius 3 is 2.50 bits per heavy atom. The highest BCUT2D eigenvalue weighted by molar-refractivity contribution is 5.83. The predicted molar refractivity (Wildman–Crippen MR) is 119 cm³/mol. The van der Waals surface area contributed by atoms with Crippen molar-refractivity contribution in [2.24, 2.45) is 0 Å². The Morgan fingerprint density at radius 2 is 1.81 bits per heavy atom. The fourth-order valence-electron chi connectivity index (χ4n) is 3.57. The first-order valence-electron chi connectivity index (χ1n) is 10.8. The van der Waals surface area contributed by atoms with Gasteiger partial charge in [0.2, 0.25) is 5.91 Å². The molecule has 3 rings (SSSR count). The van der Waals surface area contributed by atoms with Gasteiger partial charge in [0, 0.05) is 13.1 Å². The SMILES string of the molecule is Cc1cccc(CN2CC(OCc3cccc(F)c3)CN(C(=O)OC(C)(C)C)CC2=O)c1.